The molecule has 6 rings (SSSR count). The molecule has 0 unspecified atom stereocenters. The van der Waals surface area contributed by atoms with Gasteiger partial charge in [0.1, 0.15) is 25.1 Å². The van der Waals surface area contributed by atoms with E-state index in [4.69, 9.17) is 0 Å². The van der Waals surface area contributed by atoms with Crippen molar-refractivity contribution in [3.8, 4) is 11.5 Å². The molecule has 3 heterocycles. The number of hydrogen-bond donors (Lipinski definition) is 4. The van der Waals surface area contributed by atoms with E-state index < -0.39 is 13.6 Å². The zero-order valence-electron chi connectivity index (χ0n) is 24.2. The highest BCUT2D eigenvalue weighted by atomic mass is 28.3. The molecule has 1 saturated heterocycles. The summed E-state index contributed by atoms with van der Waals surface area (Å²) in [4.78, 5) is 19.0. The molecule has 216 valence electrons. The minimum absolute atomic E-state index is 0.0403. The molecule has 3 aliphatic heterocycles. The van der Waals surface area contributed by atoms with Crippen LogP contribution in [0.15, 0.2) is 60.7 Å². The van der Waals surface area contributed by atoms with Gasteiger partial charge in [-0.3, -0.25) is 4.79 Å². The van der Waals surface area contributed by atoms with Crippen molar-refractivity contribution >= 4 is 24.4 Å². The number of hydrogen-bond acceptors (Lipinski definition) is 6. The number of carbonyl (C=O) groups is 1. The van der Waals surface area contributed by atoms with Gasteiger partial charge in [-0.2, -0.15) is 0 Å². The van der Waals surface area contributed by atoms with Gasteiger partial charge in [-0.1, -0.05) is 49.8 Å². The summed E-state index contributed by atoms with van der Waals surface area (Å²) in [6.45, 7) is 11.8. The molecule has 41 heavy (non-hydrogen) atoms. The van der Waals surface area contributed by atoms with Crippen LogP contribution in [0.1, 0.15) is 46.3 Å². The maximum absolute atomic E-state index is 14.4. The van der Waals surface area contributed by atoms with Gasteiger partial charge in [-0.25, -0.2) is 0 Å². The second-order valence-electron chi connectivity index (χ2n) is 12.2. The van der Waals surface area contributed by atoms with Crippen LogP contribution >= 0.6 is 0 Å². The maximum atomic E-state index is 14.4. The first-order valence-corrected chi connectivity index (χ1v) is 18.1. The van der Waals surface area contributed by atoms with E-state index in [1.807, 2.05) is 42.5 Å². The molecule has 0 aliphatic carbocycles. The van der Waals surface area contributed by atoms with E-state index in [0.29, 0.717) is 6.54 Å². The Bertz CT molecular complexity index is 1370. The van der Waals surface area contributed by atoms with Gasteiger partial charge in [0.05, 0.1) is 0 Å². The Hall–Kier alpha value is -3.17. The first kappa shape index (κ1) is 28.0. The van der Waals surface area contributed by atoms with E-state index in [2.05, 4.69) is 39.6 Å². The normalized spacial score (nSPS) is 20.5. The molecular weight excluding hydrogens is 528 g/mol. The van der Waals surface area contributed by atoms with Crippen molar-refractivity contribution in [3.63, 3.8) is 0 Å². The molecule has 0 aromatic heterocycles. The number of nitrogens with zero attached hydrogens (tertiary/aromatic N) is 2. The van der Waals surface area contributed by atoms with Gasteiger partial charge in [0.25, 0.3) is 5.91 Å². The van der Waals surface area contributed by atoms with Crippen LogP contribution in [0.25, 0.3) is 0 Å². The quantitative estimate of drug-likeness (QED) is 0.362. The lowest BCUT2D eigenvalue weighted by Crippen LogP contribution is -2.66. The maximum Gasteiger partial charge on any atom is 0.255 e. The second kappa shape index (κ2) is 11.2. The molecule has 7 nitrogen and oxygen atoms in total. The molecule has 0 radical (unpaired) electrons. The summed E-state index contributed by atoms with van der Waals surface area (Å²) < 4.78 is 0. The average molecular weight is 571 g/mol. The minimum atomic E-state index is -2.33. The summed E-state index contributed by atoms with van der Waals surface area (Å²) in [7, 11) is -2.33. The monoisotopic (exact) mass is 570 g/mol. The van der Waals surface area contributed by atoms with Crippen LogP contribution in [0, 0.1) is 0 Å². The van der Waals surface area contributed by atoms with Gasteiger partial charge in [-0.05, 0) is 83.3 Å². The molecule has 8 heteroatoms. The molecule has 1 amide bonds. The predicted molar refractivity (Wildman–Crippen MR) is 166 cm³/mol. The Morgan fingerprint density at radius 1 is 0.756 bits per heavy atom. The number of fused-ring (bicyclic) bond motifs is 6. The highest BCUT2D eigenvalue weighted by Gasteiger charge is 2.58. The third-order valence-corrected chi connectivity index (χ3v) is 12.9. The zero-order chi connectivity index (χ0) is 28.6. The molecule has 4 N–H and O–H groups in total. The number of carbonyl (C=O) groups excluding carboxylic acids is 1. The Kier molecular flexibility index (Phi) is 7.67. The molecule has 3 aromatic rings. The number of nitrogens with one attached hydrogen (secondary N) is 2. The molecule has 0 saturated carbocycles. The van der Waals surface area contributed by atoms with Crippen LogP contribution in [-0.4, -0.2) is 86.4 Å². The summed E-state index contributed by atoms with van der Waals surface area (Å²) in [6.07, 6.45) is 3.53. The van der Waals surface area contributed by atoms with Crippen molar-refractivity contribution in [3.05, 3.63) is 82.9 Å². The Balaban J connectivity index is 1.45. The Labute approximate surface area is 244 Å². The highest BCUT2D eigenvalue weighted by Crippen LogP contribution is 2.50. The average Bonchev–Trinajstić information content (AvgIpc) is 3.20. The van der Waals surface area contributed by atoms with Crippen LogP contribution in [0.3, 0.4) is 0 Å². The van der Waals surface area contributed by atoms with Crippen molar-refractivity contribution in [1.82, 2.24) is 20.4 Å². The standard InChI is InChI=1S/C33H42N4O3Si/c1-41(2)30-22-24(38)10-12-28(30)33(29-13-11-25(39)23-31(29)41)27-9-5-4-8-26(27)32(40)37(33)21-20-36-18-7-3-6-14-34-15-16-35-17-19-36/h4-5,8-13,22-23,34-35,38-39H,3,6-7,14-21H2,1-2H3. The smallest absolute Gasteiger partial charge is 0.255 e. The third kappa shape index (κ3) is 4.76. The van der Waals surface area contributed by atoms with Crippen LogP contribution in [0.2, 0.25) is 13.1 Å². The molecule has 3 aliphatic rings. The number of phenols is 2. The molecule has 0 atom stereocenters. The molecule has 3 aromatic carbocycles. The van der Waals surface area contributed by atoms with E-state index in [1.54, 1.807) is 12.1 Å². The van der Waals surface area contributed by atoms with E-state index in [9.17, 15) is 15.0 Å². The van der Waals surface area contributed by atoms with Crippen LogP contribution in [0.4, 0.5) is 0 Å². The van der Waals surface area contributed by atoms with Crippen molar-refractivity contribution < 1.29 is 15.0 Å². The van der Waals surface area contributed by atoms with Gasteiger partial charge in [0.2, 0.25) is 0 Å². The van der Waals surface area contributed by atoms with Crippen molar-refractivity contribution in [2.45, 2.75) is 37.9 Å². The lowest BCUT2D eigenvalue weighted by molar-refractivity contribution is 0.0648. The number of benzene rings is 3. The van der Waals surface area contributed by atoms with Gasteiger partial charge in [-0.15, -0.1) is 0 Å². The van der Waals surface area contributed by atoms with E-state index in [1.165, 1.54) is 12.8 Å². The highest BCUT2D eigenvalue weighted by molar-refractivity contribution is 7.01. The number of phenolic OH excluding ortho intramolecular Hbond substituents is 2. The number of aromatic hydroxyl groups is 2. The second-order valence-corrected chi connectivity index (χ2v) is 16.5. The predicted octanol–water partition coefficient (Wildman–Crippen LogP) is 2.65. The Morgan fingerprint density at radius 3 is 2.12 bits per heavy atom. The molecular formula is C33H42N4O3Si. The van der Waals surface area contributed by atoms with Crippen molar-refractivity contribution in [2.24, 2.45) is 0 Å². The first-order valence-electron chi connectivity index (χ1n) is 15.1. The Morgan fingerprint density at radius 2 is 1.41 bits per heavy atom. The minimum Gasteiger partial charge on any atom is -0.508 e. The number of amides is 1. The van der Waals surface area contributed by atoms with Crippen LogP contribution in [-0.2, 0) is 5.54 Å². The zero-order valence-corrected chi connectivity index (χ0v) is 25.2. The van der Waals surface area contributed by atoms with Gasteiger partial charge in [0, 0.05) is 44.8 Å². The summed E-state index contributed by atoms with van der Waals surface area (Å²) in [5, 5.41) is 30.6. The summed E-state index contributed by atoms with van der Waals surface area (Å²) in [6, 6.07) is 19.4. The fourth-order valence-corrected chi connectivity index (χ4v) is 10.5. The third-order valence-electron chi connectivity index (χ3n) is 9.38. The van der Waals surface area contributed by atoms with E-state index in [0.717, 1.165) is 84.9 Å². The fourth-order valence-electron chi connectivity index (χ4n) is 7.30. The lowest BCUT2D eigenvalue weighted by atomic mass is 9.76. The summed E-state index contributed by atoms with van der Waals surface area (Å²) in [5.41, 5.74) is 3.04. The van der Waals surface area contributed by atoms with Crippen molar-refractivity contribution in [1.29, 1.82) is 0 Å². The lowest BCUT2D eigenvalue weighted by Gasteiger charge is -2.49. The molecule has 1 spiro atoms. The summed E-state index contributed by atoms with van der Waals surface area (Å²) >= 11 is 0. The molecule has 0 bridgehead atoms. The topological polar surface area (TPSA) is 88.1 Å². The SMILES string of the molecule is C[Si]1(C)c2cc(O)ccc2C2(c3ccccc3C(=O)N2CCN2CCCCCNCCNCC2)c2ccc(O)cc21. The van der Waals surface area contributed by atoms with Crippen LogP contribution in [0.5, 0.6) is 11.5 Å². The first-order chi connectivity index (χ1) is 19.8. The molecule has 1 fully saturated rings. The fraction of sp³-hybridized carbons (Fsp3) is 0.424. The van der Waals surface area contributed by atoms with Gasteiger partial charge >= 0.3 is 0 Å². The largest absolute Gasteiger partial charge is 0.508 e. The van der Waals surface area contributed by atoms with E-state index in [-0.39, 0.29) is 17.4 Å². The van der Waals surface area contributed by atoms with Gasteiger partial charge < -0.3 is 30.6 Å². The number of rotatable bonds is 3. The van der Waals surface area contributed by atoms with E-state index >= 15 is 0 Å². The van der Waals surface area contributed by atoms with Crippen LogP contribution < -0.4 is 21.0 Å². The summed E-state index contributed by atoms with van der Waals surface area (Å²) in [5.74, 6) is 0.502. The van der Waals surface area contributed by atoms with Crippen molar-refractivity contribution in [2.75, 3.05) is 52.4 Å². The van der Waals surface area contributed by atoms with Gasteiger partial charge in [0.15, 0.2) is 0 Å².